The molecule has 8 heteroatoms. The van der Waals surface area contributed by atoms with Crippen LogP contribution in [-0.2, 0) is 21.2 Å². The van der Waals surface area contributed by atoms with E-state index in [1.807, 2.05) is 6.92 Å². The van der Waals surface area contributed by atoms with Gasteiger partial charge in [-0.3, -0.25) is 4.79 Å². The summed E-state index contributed by atoms with van der Waals surface area (Å²) in [6.45, 7) is 2.25. The molecule has 0 fully saturated rings. The molecular weight excluding hydrogens is 371 g/mol. The number of rotatable bonds is 9. The average Bonchev–Trinajstić information content (AvgIpc) is 2.61. The number of halogens is 1. The largest absolute Gasteiger partial charge is 0.494 e. The molecule has 0 atom stereocenters. The Morgan fingerprint density at radius 3 is 2.30 bits per heavy atom. The third kappa shape index (κ3) is 6.99. The number of ether oxygens (including phenoxy) is 1. The molecule has 0 radical (unpaired) electrons. The highest BCUT2D eigenvalue weighted by Crippen LogP contribution is 2.16. The molecule has 6 nitrogen and oxygen atoms in total. The van der Waals surface area contributed by atoms with Crippen molar-refractivity contribution in [2.45, 2.75) is 13.3 Å². The van der Waals surface area contributed by atoms with E-state index in [0.29, 0.717) is 24.5 Å². The van der Waals surface area contributed by atoms with Crippen molar-refractivity contribution in [3.8, 4) is 5.75 Å². The maximum absolute atomic E-state index is 13.0. The number of nitrogens with zero attached hydrogens (tertiary/aromatic N) is 1. The van der Waals surface area contributed by atoms with E-state index in [1.54, 1.807) is 36.4 Å². The van der Waals surface area contributed by atoms with Gasteiger partial charge in [-0.1, -0.05) is 12.1 Å². The topological polar surface area (TPSA) is 75.7 Å². The quantitative estimate of drug-likeness (QED) is 0.710. The first-order valence-electron chi connectivity index (χ1n) is 8.50. The lowest BCUT2D eigenvalue weighted by Crippen LogP contribution is -2.38. The molecule has 0 spiro atoms. The lowest BCUT2D eigenvalue weighted by molar-refractivity contribution is -0.116. The van der Waals surface area contributed by atoms with Crippen molar-refractivity contribution < 1.29 is 22.3 Å². The molecule has 0 aromatic heterocycles. The molecule has 0 aliphatic carbocycles. The Morgan fingerprint density at radius 1 is 1.11 bits per heavy atom. The van der Waals surface area contributed by atoms with E-state index >= 15 is 0 Å². The highest BCUT2D eigenvalue weighted by Gasteiger charge is 2.20. The summed E-state index contributed by atoms with van der Waals surface area (Å²) in [5.41, 5.74) is 1.34. The third-order valence-electron chi connectivity index (χ3n) is 3.80. The smallest absolute Gasteiger partial charge is 0.239 e. The minimum Gasteiger partial charge on any atom is -0.494 e. The van der Waals surface area contributed by atoms with Crippen LogP contribution in [-0.4, -0.2) is 44.6 Å². The summed E-state index contributed by atoms with van der Waals surface area (Å²) in [4.78, 5) is 12.2. The summed E-state index contributed by atoms with van der Waals surface area (Å²) in [7, 11) is -3.57. The molecular formula is C19H23FN2O4S. The number of carbonyl (C=O) groups is 1. The van der Waals surface area contributed by atoms with Gasteiger partial charge in [0.25, 0.3) is 0 Å². The van der Waals surface area contributed by atoms with Gasteiger partial charge in [0, 0.05) is 12.2 Å². The molecule has 27 heavy (non-hydrogen) atoms. The predicted octanol–water partition coefficient (Wildman–Crippen LogP) is 2.67. The number of amides is 1. The maximum Gasteiger partial charge on any atom is 0.239 e. The molecule has 0 aliphatic rings. The van der Waals surface area contributed by atoms with Crippen molar-refractivity contribution in [3.63, 3.8) is 0 Å². The maximum atomic E-state index is 13.0. The fraction of sp³-hybridized carbons (Fsp3) is 0.316. The minimum atomic E-state index is -3.57. The molecule has 2 rings (SSSR count). The fourth-order valence-corrected chi connectivity index (χ4v) is 3.20. The van der Waals surface area contributed by atoms with Crippen molar-refractivity contribution >= 4 is 21.6 Å². The van der Waals surface area contributed by atoms with Crippen LogP contribution in [0.2, 0.25) is 0 Å². The zero-order valence-electron chi connectivity index (χ0n) is 15.3. The lowest BCUT2D eigenvalue weighted by Gasteiger charge is -2.19. The van der Waals surface area contributed by atoms with Crippen LogP contribution in [0.4, 0.5) is 10.1 Å². The molecule has 2 aromatic rings. The minimum absolute atomic E-state index is 0.126. The van der Waals surface area contributed by atoms with E-state index in [4.69, 9.17) is 4.74 Å². The van der Waals surface area contributed by atoms with Crippen LogP contribution in [0.15, 0.2) is 48.5 Å². The first kappa shape index (κ1) is 20.9. The first-order valence-corrected chi connectivity index (χ1v) is 10.3. The van der Waals surface area contributed by atoms with Crippen LogP contribution in [0, 0.1) is 5.82 Å². The number of nitrogens with one attached hydrogen (secondary N) is 1. The number of hydrogen-bond acceptors (Lipinski definition) is 4. The van der Waals surface area contributed by atoms with E-state index in [-0.39, 0.29) is 18.9 Å². The van der Waals surface area contributed by atoms with Gasteiger partial charge < -0.3 is 10.1 Å². The van der Waals surface area contributed by atoms with Crippen LogP contribution in [0.5, 0.6) is 5.75 Å². The second-order valence-electron chi connectivity index (χ2n) is 5.98. The summed E-state index contributed by atoms with van der Waals surface area (Å²) >= 11 is 0. The Kier molecular flexibility index (Phi) is 7.32. The number of hydrogen-bond donors (Lipinski definition) is 1. The van der Waals surface area contributed by atoms with Gasteiger partial charge in [-0.05, 0) is 55.3 Å². The number of benzene rings is 2. The Balaban J connectivity index is 1.96. The first-order chi connectivity index (χ1) is 12.8. The Hall–Kier alpha value is -2.45. The third-order valence-corrected chi connectivity index (χ3v) is 5.05. The monoisotopic (exact) mass is 394 g/mol. The van der Waals surface area contributed by atoms with Gasteiger partial charge >= 0.3 is 0 Å². The average molecular weight is 394 g/mol. The summed E-state index contributed by atoms with van der Waals surface area (Å²) < 4.78 is 43.3. The zero-order chi connectivity index (χ0) is 19.9. The SMILES string of the molecule is CCOc1ccc(NC(=O)CN(CCc2ccc(F)cc2)S(C)(=O)=O)cc1. The molecule has 0 bridgehead atoms. The van der Waals surface area contributed by atoms with Crippen molar-refractivity contribution in [2.75, 3.05) is 31.3 Å². The van der Waals surface area contributed by atoms with Crippen LogP contribution in [0.3, 0.4) is 0 Å². The highest BCUT2D eigenvalue weighted by atomic mass is 32.2. The van der Waals surface area contributed by atoms with Gasteiger partial charge in [0.15, 0.2) is 0 Å². The van der Waals surface area contributed by atoms with Crippen LogP contribution in [0.1, 0.15) is 12.5 Å². The predicted molar refractivity (Wildman–Crippen MR) is 103 cm³/mol. The van der Waals surface area contributed by atoms with Crippen LogP contribution < -0.4 is 10.1 Å². The molecule has 2 aromatic carbocycles. The van der Waals surface area contributed by atoms with E-state index in [9.17, 15) is 17.6 Å². The van der Waals surface area contributed by atoms with Gasteiger partial charge in [0.05, 0.1) is 19.4 Å². The number of anilines is 1. The lowest BCUT2D eigenvalue weighted by atomic mass is 10.1. The highest BCUT2D eigenvalue weighted by molar-refractivity contribution is 7.88. The zero-order valence-corrected chi connectivity index (χ0v) is 16.1. The van der Waals surface area contributed by atoms with Gasteiger partial charge in [-0.15, -0.1) is 0 Å². The van der Waals surface area contributed by atoms with E-state index in [0.717, 1.165) is 16.1 Å². The second-order valence-corrected chi connectivity index (χ2v) is 7.96. The molecule has 0 aliphatic heterocycles. The summed E-state index contributed by atoms with van der Waals surface area (Å²) in [6, 6.07) is 12.6. The molecule has 146 valence electrons. The Labute approximate surface area is 159 Å². The molecule has 0 saturated heterocycles. The van der Waals surface area contributed by atoms with Gasteiger partial charge in [-0.2, -0.15) is 4.31 Å². The fourth-order valence-electron chi connectivity index (χ4n) is 2.43. The second kappa shape index (κ2) is 9.48. The molecule has 0 unspecified atom stereocenters. The van der Waals surface area contributed by atoms with Crippen molar-refractivity contribution in [2.24, 2.45) is 0 Å². The molecule has 1 amide bonds. The van der Waals surface area contributed by atoms with E-state index in [2.05, 4.69) is 5.32 Å². The van der Waals surface area contributed by atoms with Crippen molar-refractivity contribution in [3.05, 3.63) is 59.9 Å². The van der Waals surface area contributed by atoms with E-state index in [1.165, 1.54) is 12.1 Å². The molecule has 0 saturated carbocycles. The van der Waals surface area contributed by atoms with E-state index < -0.39 is 15.9 Å². The van der Waals surface area contributed by atoms with Crippen LogP contribution >= 0.6 is 0 Å². The summed E-state index contributed by atoms with van der Waals surface area (Å²) in [5, 5.41) is 2.67. The molecule has 0 heterocycles. The van der Waals surface area contributed by atoms with Gasteiger partial charge in [0.1, 0.15) is 11.6 Å². The number of carbonyl (C=O) groups excluding carboxylic acids is 1. The normalized spacial score (nSPS) is 11.4. The van der Waals surface area contributed by atoms with Crippen molar-refractivity contribution in [1.82, 2.24) is 4.31 Å². The summed E-state index contributed by atoms with van der Waals surface area (Å²) in [6.07, 6.45) is 1.44. The van der Waals surface area contributed by atoms with Crippen molar-refractivity contribution in [1.29, 1.82) is 0 Å². The molecule has 1 N–H and O–H groups in total. The summed E-state index contributed by atoms with van der Waals surface area (Å²) in [5.74, 6) is -0.107. The van der Waals surface area contributed by atoms with Gasteiger partial charge in [-0.25, -0.2) is 12.8 Å². The Morgan fingerprint density at radius 2 is 1.74 bits per heavy atom. The van der Waals surface area contributed by atoms with Crippen LogP contribution in [0.25, 0.3) is 0 Å². The Bertz CT molecular complexity index is 852. The number of sulfonamides is 1. The van der Waals surface area contributed by atoms with Gasteiger partial charge in [0.2, 0.25) is 15.9 Å². The standard InChI is InChI=1S/C19H23FN2O4S/c1-3-26-18-10-8-17(9-11-18)21-19(23)14-22(27(2,24)25)13-12-15-4-6-16(20)7-5-15/h4-11H,3,12-14H2,1-2H3,(H,21,23).